The minimum absolute atomic E-state index is 0.0608. The maximum Gasteiger partial charge on any atom is 0.329 e. The van der Waals surface area contributed by atoms with Gasteiger partial charge in [-0.3, -0.25) is 14.4 Å². The Hall–Kier alpha value is -4.08. The number of hydrazone groups is 1. The molecule has 2 N–H and O–H groups in total. The summed E-state index contributed by atoms with van der Waals surface area (Å²) in [5.74, 6) is -0.631. The third kappa shape index (κ3) is 6.45. The van der Waals surface area contributed by atoms with Gasteiger partial charge in [-0.2, -0.15) is 5.10 Å². The Morgan fingerprint density at radius 3 is 2.42 bits per heavy atom. The van der Waals surface area contributed by atoms with Gasteiger partial charge in [0.05, 0.1) is 26.1 Å². The van der Waals surface area contributed by atoms with E-state index >= 15 is 0 Å². The lowest BCUT2D eigenvalue weighted by Crippen LogP contribution is -2.32. The summed E-state index contributed by atoms with van der Waals surface area (Å²) in [7, 11) is 2.95. The van der Waals surface area contributed by atoms with E-state index in [2.05, 4.69) is 15.8 Å². The molecule has 2 aromatic rings. The summed E-state index contributed by atoms with van der Waals surface area (Å²) in [5, 5.41) is 6.27. The number of likely N-dealkylation sites (tertiary alicyclic amines) is 1. The molecule has 0 aliphatic carbocycles. The number of hydrogen-bond donors (Lipinski definition) is 2. The SMILES string of the molecule is COc1ccccc1NC(=O)C(=O)N/N=C\c1ccc(OCC(=O)N2CCCC2)c(OC)c1. The number of methoxy groups -OCH3 is 2. The summed E-state index contributed by atoms with van der Waals surface area (Å²) < 4.78 is 16.1. The zero-order valence-electron chi connectivity index (χ0n) is 18.5. The predicted octanol–water partition coefficient (Wildman–Crippen LogP) is 1.79. The summed E-state index contributed by atoms with van der Waals surface area (Å²) in [6.07, 6.45) is 3.39. The van der Waals surface area contributed by atoms with Gasteiger partial charge in [0.25, 0.3) is 5.91 Å². The van der Waals surface area contributed by atoms with Gasteiger partial charge < -0.3 is 24.4 Å². The molecule has 33 heavy (non-hydrogen) atoms. The monoisotopic (exact) mass is 454 g/mol. The number of nitrogens with zero attached hydrogens (tertiary/aromatic N) is 2. The number of nitrogens with one attached hydrogen (secondary N) is 2. The van der Waals surface area contributed by atoms with Gasteiger partial charge in [0.2, 0.25) is 0 Å². The van der Waals surface area contributed by atoms with Crippen molar-refractivity contribution in [2.45, 2.75) is 12.8 Å². The summed E-state index contributed by atoms with van der Waals surface area (Å²) in [6.45, 7) is 1.45. The van der Waals surface area contributed by atoms with Crippen molar-refractivity contribution in [3.63, 3.8) is 0 Å². The normalized spacial score (nSPS) is 13.0. The van der Waals surface area contributed by atoms with Crippen molar-refractivity contribution in [2.75, 3.05) is 39.2 Å². The first-order valence-electron chi connectivity index (χ1n) is 10.4. The van der Waals surface area contributed by atoms with E-state index in [0.717, 1.165) is 25.9 Å². The number of carbonyl (C=O) groups is 3. The minimum atomic E-state index is -0.940. The molecular weight excluding hydrogens is 428 g/mol. The fourth-order valence-corrected chi connectivity index (χ4v) is 3.22. The third-order valence-electron chi connectivity index (χ3n) is 4.94. The van der Waals surface area contributed by atoms with Crippen LogP contribution in [0.25, 0.3) is 0 Å². The number of carbonyl (C=O) groups excluding carboxylic acids is 3. The van der Waals surface area contributed by atoms with Crippen molar-refractivity contribution in [1.29, 1.82) is 0 Å². The molecule has 1 aliphatic rings. The highest BCUT2D eigenvalue weighted by Crippen LogP contribution is 2.28. The van der Waals surface area contributed by atoms with Crippen LogP contribution in [0.1, 0.15) is 18.4 Å². The standard InChI is InChI=1S/C23H26N4O6/c1-31-18-8-4-3-7-17(18)25-22(29)23(30)26-24-14-16-9-10-19(20(13-16)32-2)33-15-21(28)27-11-5-6-12-27/h3-4,7-10,13-14H,5-6,11-12,15H2,1-2H3,(H,25,29)(H,26,30)/b24-14-. The first-order chi connectivity index (χ1) is 16.0. The molecule has 0 spiro atoms. The third-order valence-corrected chi connectivity index (χ3v) is 4.94. The van der Waals surface area contributed by atoms with E-state index in [1.807, 2.05) is 0 Å². The average Bonchev–Trinajstić information content (AvgIpc) is 3.38. The molecule has 1 fully saturated rings. The van der Waals surface area contributed by atoms with E-state index in [4.69, 9.17) is 14.2 Å². The molecule has 10 heteroatoms. The van der Waals surface area contributed by atoms with Gasteiger partial charge in [-0.05, 0) is 48.7 Å². The second-order valence-corrected chi connectivity index (χ2v) is 7.14. The van der Waals surface area contributed by atoms with Gasteiger partial charge in [-0.15, -0.1) is 0 Å². The quantitative estimate of drug-likeness (QED) is 0.357. The van der Waals surface area contributed by atoms with E-state index in [1.54, 1.807) is 47.4 Å². The number of hydrogen-bond acceptors (Lipinski definition) is 7. The number of amides is 3. The van der Waals surface area contributed by atoms with Crippen LogP contribution in [-0.2, 0) is 14.4 Å². The first kappa shape index (κ1) is 23.6. The second kappa shape index (κ2) is 11.5. The summed E-state index contributed by atoms with van der Waals surface area (Å²) >= 11 is 0. The van der Waals surface area contributed by atoms with Crippen molar-refractivity contribution < 1.29 is 28.6 Å². The van der Waals surface area contributed by atoms with E-state index in [1.165, 1.54) is 20.4 Å². The lowest BCUT2D eigenvalue weighted by Gasteiger charge is -2.16. The maximum atomic E-state index is 12.2. The van der Waals surface area contributed by atoms with Crippen molar-refractivity contribution in [2.24, 2.45) is 5.10 Å². The van der Waals surface area contributed by atoms with Crippen LogP contribution >= 0.6 is 0 Å². The summed E-state index contributed by atoms with van der Waals surface area (Å²) in [6, 6.07) is 11.7. The van der Waals surface area contributed by atoms with Gasteiger partial charge in [0, 0.05) is 13.1 Å². The van der Waals surface area contributed by atoms with Crippen molar-refractivity contribution >= 4 is 29.6 Å². The molecule has 0 aromatic heterocycles. The Bertz CT molecular complexity index is 1030. The molecule has 174 valence electrons. The molecule has 2 aromatic carbocycles. The Morgan fingerprint density at radius 1 is 0.970 bits per heavy atom. The molecule has 0 radical (unpaired) electrons. The van der Waals surface area contributed by atoms with E-state index in [-0.39, 0.29) is 12.5 Å². The Morgan fingerprint density at radius 2 is 1.70 bits per heavy atom. The Labute approximate surface area is 191 Å². The summed E-state index contributed by atoms with van der Waals surface area (Å²) in [4.78, 5) is 38.0. The second-order valence-electron chi connectivity index (χ2n) is 7.14. The number of para-hydroxylation sites is 2. The molecule has 0 atom stereocenters. The fourth-order valence-electron chi connectivity index (χ4n) is 3.22. The first-order valence-corrected chi connectivity index (χ1v) is 10.4. The lowest BCUT2D eigenvalue weighted by molar-refractivity contribution is -0.136. The lowest BCUT2D eigenvalue weighted by atomic mass is 10.2. The highest BCUT2D eigenvalue weighted by molar-refractivity contribution is 6.39. The van der Waals surface area contributed by atoms with Crippen LogP contribution in [0.2, 0.25) is 0 Å². The van der Waals surface area contributed by atoms with E-state index < -0.39 is 11.8 Å². The van der Waals surface area contributed by atoms with Gasteiger partial charge in [-0.1, -0.05) is 12.1 Å². The van der Waals surface area contributed by atoms with Crippen LogP contribution in [-0.4, -0.2) is 62.8 Å². The molecule has 10 nitrogen and oxygen atoms in total. The van der Waals surface area contributed by atoms with Gasteiger partial charge in [0.15, 0.2) is 18.1 Å². The Balaban J connectivity index is 1.54. The molecule has 1 saturated heterocycles. The van der Waals surface area contributed by atoms with Crippen molar-refractivity contribution in [3.05, 3.63) is 48.0 Å². The largest absolute Gasteiger partial charge is 0.495 e. The predicted molar refractivity (Wildman–Crippen MR) is 122 cm³/mol. The molecule has 0 unspecified atom stereocenters. The highest BCUT2D eigenvalue weighted by Gasteiger charge is 2.19. The topological polar surface area (TPSA) is 119 Å². The van der Waals surface area contributed by atoms with Crippen LogP contribution in [0.3, 0.4) is 0 Å². The minimum Gasteiger partial charge on any atom is -0.495 e. The maximum absolute atomic E-state index is 12.2. The van der Waals surface area contributed by atoms with Crippen molar-refractivity contribution in [3.8, 4) is 17.2 Å². The molecule has 0 bridgehead atoms. The molecule has 1 aliphatic heterocycles. The Kier molecular flexibility index (Phi) is 8.23. The highest BCUT2D eigenvalue weighted by atomic mass is 16.5. The fraction of sp³-hybridized carbons (Fsp3) is 0.304. The summed E-state index contributed by atoms with van der Waals surface area (Å²) in [5.41, 5.74) is 3.13. The number of anilines is 1. The molecule has 3 amide bonds. The molecule has 3 rings (SSSR count). The molecular formula is C23H26N4O6. The van der Waals surface area contributed by atoms with Crippen LogP contribution in [0.5, 0.6) is 17.2 Å². The van der Waals surface area contributed by atoms with E-state index in [0.29, 0.717) is 28.5 Å². The molecule has 1 heterocycles. The van der Waals surface area contributed by atoms with Crippen LogP contribution in [0, 0.1) is 0 Å². The zero-order valence-corrected chi connectivity index (χ0v) is 18.5. The number of ether oxygens (including phenoxy) is 3. The average molecular weight is 454 g/mol. The van der Waals surface area contributed by atoms with Crippen LogP contribution < -0.4 is 25.0 Å². The van der Waals surface area contributed by atoms with Crippen LogP contribution in [0.15, 0.2) is 47.6 Å². The van der Waals surface area contributed by atoms with E-state index in [9.17, 15) is 14.4 Å². The van der Waals surface area contributed by atoms with Gasteiger partial charge >= 0.3 is 11.8 Å². The zero-order chi connectivity index (χ0) is 23.6. The number of rotatable bonds is 8. The van der Waals surface area contributed by atoms with Gasteiger partial charge in [0.1, 0.15) is 5.75 Å². The smallest absolute Gasteiger partial charge is 0.329 e. The van der Waals surface area contributed by atoms with Gasteiger partial charge in [-0.25, -0.2) is 5.43 Å². The van der Waals surface area contributed by atoms with Crippen LogP contribution in [0.4, 0.5) is 5.69 Å². The number of benzene rings is 2. The molecule has 0 saturated carbocycles. The van der Waals surface area contributed by atoms with Crippen molar-refractivity contribution in [1.82, 2.24) is 10.3 Å².